The third-order valence-electron chi connectivity index (χ3n) is 2.48. The van der Waals surface area contributed by atoms with E-state index in [1.807, 2.05) is 12.1 Å². The lowest BCUT2D eigenvalue weighted by Crippen LogP contribution is -2.53. The van der Waals surface area contributed by atoms with Crippen molar-refractivity contribution in [2.24, 2.45) is 0 Å². The van der Waals surface area contributed by atoms with Crippen LogP contribution in [0.1, 0.15) is 12.0 Å². The van der Waals surface area contributed by atoms with Crippen LogP contribution < -0.4 is 5.32 Å². The molecule has 2 rings (SSSR count). The van der Waals surface area contributed by atoms with Crippen LogP contribution >= 0.6 is 0 Å². The van der Waals surface area contributed by atoms with Crippen molar-refractivity contribution >= 4 is 17.8 Å². The van der Waals surface area contributed by atoms with Crippen molar-refractivity contribution in [2.45, 2.75) is 12.8 Å². The minimum Gasteiger partial charge on any atom is -0.277 e. The smallest absolute Gasteiger partial charge is 0.277 e. The molecular weight excluding hydrogens is 222 g/mol. The van der Waals surface area contributed by atoms with Gasteiger partial charge in [-0.05, 0) is 24.1 Å². The van der Waals surface area contributed by atoms with Crippen LogP contribution in [-0.2, 0) is 16.0 Å². The van der Waals surface area contributed by atoms with E-state index in [-0.39, 0.29) is 13.0 Å². The maximum absolute atomic E-state index is 11.5. The largest absolute Gasteiger partial charge is 0.330 e. The number of imide groups is 2. The number of hydrogen-bond acceptors (Lipinski definition) is 4. The minimum absolute atomic E-state index is 0.262. The van der Waals surface area contributed by atoms with E-state index in [4.69, 9.17) is 0 Å². The molecule has 4 amide bonds. The number of urea groups is 1. The van der Waals surface area contributed by atoms with E-state index < -0.39 is 17.8 Å². The van der Waals surface area contributed by atoms with E-state index in [9.17, 15) is 14.4 Å². The van der Waals surface area contributed by atoms with E-state index >= 15 is 0 Å². The first kappa shape index (κ1) is 11.3. The van der Waals surface area contributed by atoms with Gasteiger partial charge in [0.05, 0.1) is 0 Å². The second-order valence-electron chi connectivity index (χ2n) is 3.68. The number of aromatic nitrogens is 1. The summed E-state index contributed by atoms with van der Waals surface area (Å²) in [5.41, 5.74) is 0.984. The number of amides is 4. The number of hydrogen-bond donors (Lipinski definition) is 1. The Morgan fingerprint density at radius 1 is 1.24 bits per heavy atom. The lowest BCUT2D eigenvalue weighted by atomic mass is 10.2. The summed E-state index contributed by atoms with van der Waals surface area (Å²) in [6.07, 6.45) is 3.59. The van der Waals surface area contributed by atoms with Gasteiger partial charge >= 0.3 is 6.03 Å². The Balaban J connectivity index is 1.97. The Morgan fingerprint density at radius 2 is 1.94 bits per heavy atom. The van der Waals surface area contributed by atoms with Crippen LogP contribution in [0.4, 0.5) is 4.79 Å². The Labute approximate surface area is 97.6 Å². The van der Waals surface area contributed by atoms with E-state index in [0.717, 1.165) is 10.5 Å². The first-order valence-electron chi connectivity index (χ1n) is 5.20. The molecule has 88 valence electrons. The molecule has 2 heterocycles. The molecule has 1 aromatic heterocycles. The van der Waals surface area contributed by atoms with Crippen molar-refractivity contribution in [1.82, 2.24) is 15.2 Å². The fourth-order valence-corrected chi connectivity index (χ4v) is 1.59. The average Bonchev–Trinajstić information content (AvgIpc) is 2.29. The Kier molecular flexibility index (Phi) is 3.13. The molecule has 0 radical (unpaired) electrons. The molecule has 6 nitrogen and oxygen atoms in total. The lowest BCUT2D eigenvalue weighted by Gasteiger charge is -2.24. The fraction of sp³-hybridized carbons (Fsp3) is 0.273. The number of pyridine rings is 1. The van der Waals surface area contributed by atoms with Crippen LogP contribution in [0.25, 0.3) is 0 Å². The fourth-order valence-electron chi connectivity index (χ4n) is 1.59. The third kappa shape index (κ3) is 2.66. The Morgan fingerprint density at radius 3 is 2.59 bits per heavy atom. The van der Waals surface area contributed by atoms with Gasteiger partial charge < -0.3 is 0 Å². The molecule has 0 atom stereocenters. The summed E-state index contributed by atoms with van der Waals surface area (Å²) >= 11 is 0. The van der Waals surface area contributed by atoms with Crippen molar-refractivity contribution in [3.8, 4) is 0 Å². The normalized spacial score (nSPS) is 16.0. The van der Waals surface area contributed by atoms with Crippen molar-refractivity contribution in [2.75, 3.05) is 6.54 Å². The highest BCUT2D eigenvalue weighted by Crippen LogP contribution is 2.05. The van der Waals surface area contributed by atoms with E-state index in [2.05, 4.69) is 10.3 Å². The van der Waals surface area contributed by atoms with Gasteiger partial charge in [-0.3, -0.25) is 24.8 Å². The molecule has 0 unspecified atom stereocenters. The summed E-state index contributed by atoms with van der Waals surface area (Å²) in [5.74, 6) is -0.993. The predicted molar refractivity (Wildman–Crippen MR) is 57.8 cm³/mol. The van der Waals surface area contributed by atoms with Crippen LogP contribution in [0.3, 0.4) is 0 Å². The molecule has 1 saturated heterocycles. The molecule has 0 bridgehead atoms. The first-order valence-corrected chi connectivity index (χ1v) is 5.20. The molecule has 0 spiro atoms. The standard InChI is InChI=1S/C11H11N3O3/c15-9-7-10(16)14(11(17)13-9)6-3-8-1-4-12-5-2-8/h1-2,4-5H,3,6-7H2,(H,13,15,17). The minimum atomic E-state index is -0.639. The maximum Gasteiger partial charge on any atom is 0.330 e. The molecule has 1 aliphatic rings. The molecule has 1 N–H and O–H groups in total. The van der Waals surface area contributed by atoms with Gasteiger partial charge in [0.1, 0.15) is 6.42 Å². The number of carbonyl (C=O) groups is 3. The van der Waals surface area contributed by atoms with Crippen LogP contribution in [0.5, 0.6) is 0 Å². The van der Waals surface area contributed by atoms with E-state index in [1.165, 1.54) is 0 Å². The van der Waals surface area contributed by atoms with Gasteiger partial charge in [-0.2, -0.15) is 0 Å². The SMILES string of the molecule is O=C1CC(=O)N(CCc2ccncc2)C(=O)N1. The molecule has 1 aliphatic heterocycles. The van der Waals surface area contributed by atoms with Crippen LogP contribution in [0.2, 0.25) is 0 Å². The van der Waals surface area contributed by atoms with Gasteiger partial charge in [-0.15, -0.1) is 0 Å². The second-order valence-corrected chi connectivity index (χ2v) is 3.68. The van der Waals surface area contributed by atoms with Gasteiger partial charge in [0.25, 0.3) is 0 Å². The van der Waals surface area contributed by atoms with Gasteiger partial charge in [0.2, 0.25) is 11.8 Å². The highest BCUT2D eigenvalue weighted by atomic mass is 16.2. The summed E-state index contributed by atoms with van der Waals surface area (Å²) in [6, 6.07) is 3.00. The second kappa shape index (κ2) is 4.73. The van der Waals surface area contributed by atoms with Crippen LogP contribution in [0.15, 0.2) is 24.5 Å². The molecule has 1 aromatic rings. The summed E-state index contributed by atoms with van der Waals surface area (Å²) in [4.78, 5) is 38.7. The quantitative estimate of drug-likeness (QED) is 0.750. The van der Waals surface area contributed by atoms with Crippen LogP contribution in [-0.4, -0.2) is 34.3 Å². The number of nitrogens with zero attached hydrogens (tertiary/aromatic N) is 2. The number of nitrogens with one attached hydrogen (secondary N) is 1. The maximum atomic E-state index is 11.5. The molecule has 1 fully saturated rings. The van der Waals surface area contributed by atoms with Crippen molar-refractivity contribution in [3.63, 3.8) is 0 Å². The molecule has 0 aromatic carbocycles. The number of rotatable bonds is 3. The number of barbiturate groups is 1. The Bertz CT molecular complexity index is 438. The molecule has 0 saturated carbocycles. The van der Waals surface area contributed by atoms with Gasteiger partial charge in [-0.25, -0.2) is 4.79 Å². The zero-order valence-corrected chi connectivity index (χ0v) is 9.05. The van der Waals surface area contributed by atoms with E-state index in [1.54, 1.807) is 12.4 Å². The average molecular weight is 233 g/mol. The van der Waals surface area contributed by atoms with Crippen molar-refractivity contribution < 1.29 is 14.4 Å². The summed E-state index contributed by atoms with van der Waals surface area (Å²) in [6.45, 7) is 0.266. The predicted octanol–water partition coefficient (Wildman–Crippen LogP) is 0.0926. The third-order valence-corrected chi connectivity index (χ3v) is 2.48. The molecule has 6 heteroatoms. The van der Waals surface area contributed by atoms with E-state index in [0.29, 0.717) is 6.42 Å². The van der Waals surface area contributed by atoms with Gasteiger partial charge in [-0.1, -0.05) is 0 Å². The highest BCUT2D eigenvalue weighted by Gasteiger charge is 2.30. The summed E-state index contributed by atoms with van der Waals surface area (Å²) < 4.78 is 0. The molecular formula is C11H11N3O3. The van der Waals surface area contributed by atoms with Crippen LogP contribution in [0, 0.1) is 0 Å². The first-order chi connectivity index (χ1) is 8.16. The van der Waals surface area contributed by atoms with Crippen molar-refractivity contribution in [3.05, 3.63) is 30.1 Å². The number of carbonyl (C=O) groups excluding carboxylic acids is 3. The summed E-state index contributed by atoms with van der Waals surface area (Å²) in [5, 5.41) is 2.11. The zero-order chi connectivity index (χ0) is 12.3. The highest BCUT2D eigenvalue weighted by molar-refractivity contribution is 6.14. The zero-order valence-electron chi connectivity index (χ0n) is 9.05. The molecule has 0 aliphatic carbocycles. The molecule has 17 heavy (non-hydrogen) atoms. The summed E-state index contributed by atoms with van der Waals surface area (Å²) in [7, 11) is 0. The van der Waals surface area contributed by atoms with Gasteiger partial charge in [0.15, 0.2) is 0 Å². The van der Waals surface area contributed by atoms with Gasteiger partial charge in [0, 0.05) is 18.9 Å². The Hall–Kier alpha value is -2.24. The van der Waals surface area contributed by atoms with Crippen molar-refractivity contribution in [1.29, 1.82) is 0 Å². The topological polar surface area (TPSA) is 79.4 Å². The monoisotopic (exact) mass is 233 g/mol. The lowest BCUT2D eigenvalue weighted by molar-refractivity contribution is -0.136.